The molecule has 2 aromatic rings. The van der Waals surface area contributed by atoms with Gasteiger partial charge in [-0.05, 0) is 75.1 Å². The van der Waals surface area contributed by atoms with Crippen molar-refractivity contribution in [2.45, 2.75) is 123 Å². The zero-order chi connectivity index (χ0) is 29.0. The van der Waals surface area contributed by atoms with Gasteiger partial charge in [-0.25, -0.2) is 0 Å². The highest BCUT2D eigenvalue weighted by molar-refractivity contribution is 7.42. The summed E-state index contributed by atoms with van der Waals surface area (Å²) < 4.78 is 0. The lowest BCUT2D eigenvalue weighted by Gasteiger charge is -2.46. The molecule has 0 fully saturated rings. The van der Waals surface area contributed by atoms with Crippen LogP contribution in [0.1, 0.15) is 102 Å². The molecule has 0 saturated carbocycles. The predicted octanol–water partition coefficient (Wildman–Crippen LogP) is 11.5. The predicted molar refractivity (Wildman–Crippen MR) is 181 cm³/mol. The van der Waals surface area contributed by atoms with Crippen molar-refractivity contribution in [1.82, 2.24) is 0 Å². The molecule has 0 saturated heterocycles. The van der Waals surface area contributed by atoms with Gasteiger partial charge in [0, 0.05) is 0 Å². The summed E-state index contributed by atoms with van der Waals surface area (Å²) in [6, 6.07) is 14.5. The lowest BCUT2D eigenvalue weighted by atomic mass is 9.78. The average Bonchev–Trinajstić information content (AvgIpc) is 3.45. The number of fused-ring (bicyclic) bond motifs is 1. The van der Waals surface area contributed by atoms with E-state index in [0.29, 0.717) is 11.1 Å². The van der Waals surface area contributed by atoms with Crippen LogP contribution in [-0.2, 0) is 10.8 Å². The summed E-state index contributed by atoms with van der Waals surface area (Å²) in [5.74, 6) is 0. The van der Waals surface area contributed by atoms with Crippen LogP contribution < -0.4 is 0 Å². The molecule has 0 radical (unpaired) electrons. The lowest BCUT2D eigenvalue weighted by molar-refractivity contribution is 0.569. The maximum absolute atomic E-state index is 2.71. The second kappa shape index (κ2) is 10.5. The first-order valence-electron chi connectivity index (χ1n) is 15.3. The highest BCUT2D eigenvalue weighted by Crippen LogP contribution is 2.51. The fraction of sp³-hybridized carbons (Fsp3) is 0.514. The highest BCUT2D eigenvalue weighted by atomic mass is 29.3. The first-order valence-corrected chi connectivity index (χ1v) is 22.5. The molecule has 2 aliphatic rings. The number of allylic oxidation sites excluding steroid dienone is 5. The number of hydrogen-bond acceptors (Lipinski definition) is 0. The highest BCUT2D eigenvalue weighted by Gasteiger charge is 2.52. The Morgan fingerprint density at radius 3 is 2.00 bits per heavy atom. The lowest BCUT2D eigenvalue weighted by Crippen LogP contribution is -2.60. The quantitative estimate of drug-likeness (QED) is 0.299. The molecule has 210 valence electrons. The second-order valence-corrected chi connectivity index (χ2v) is 31.5. The van der Waals surface area contributed by atoms with Crippen molar-refractivity contribution in [1.29, 1.82) is 0 Å². The third kappa shape index (κ3) is 5.66. The van der Waals surface area contributed by atoms with Gasteiger partial charge in [0.1, 0.15) is 0 Å². The molecule has 2 unspecified atom stereocenters. The SMILES string of the molecule is CCCCC1=CC([Si](C)(C)[Si](C)(C)C2C(C)=Cc3c(-c4cc(C(C)(C)C)cc(C(C)(C)C)c4)cccc32)C=C1. The molecule has 0 bridgehead atoms. The van der Waals surface area contributed by atoms with Crippen LogP contribution in [0.3, 0.4) is 0 Å². The first kappa shape index (κ1) is 30.1. The van der Waals surface area contributed by atoms with E-state index in [1.54, 1.807) is 16.7 Å². The van der Waals surface area contributed by atoms with Crippen LogP contribution in [0.5, 0.6) is 0 Å². The molecule has 0 N–H and O–H groups in total. The van der Waals surface area contributed by atoms with Gasteiger partial charge in [0.05, 0.1) is 15.2 Å². The Hall–Kier alpha value is -1.91. The molecule has 4 rings (SSSR count). The number of hydrogen-bond donors (Lipinski definition) is 0. The molecule has 39 heavy (non-hydrogen) atoms. The summed E-state index contributed by atoms with van der Waals surface area (Å²) in [4.78, 5) is 0. The van der Waals surface area contributed by atoms with Crippen LogP contribution in [0.4, 0.5) is 0 Å². The van der Waals surface area contributed by atoms with Gasteiger partial charge in [-0.1, -0.05) is 153 Å². The summed E-state index contributed by atoms with van der Waals surface area (Å²) in [5.41, 5.74) is 13.4. The number of benzene rings is 2. The van der Waals surface area contributed by atoms with Crippen molar-refractivity contribution >= 4 is 21.3 Å². The third-order valence-electron chi connectivity index (χ3n) is 10.2. The van der Waals surface area contributed by atoms with Crippen LogP contribution in [0.15, 0.2) is 65.8 Å². The standard InChI is InChI=1S/C37H54Si2/c1-13-14-16-27-19-20-31(22-27)38(9,10)39(11,12)35-26(2)21-34-32(17-15-18-33(34)35)28-23-29(36(3,4)5)25-30(24-28)37(6,7)8/h15,17-25,31,35H,13-14,16H2,1-12H3. The van der Waals surface area contributed by atoms with E-state index in [1.165, 1.54) is 47.1 Å². The maximum atomic E-state index is 2.71. The summed E-state index contributed by atoms with van der Waals surface area (Å²) >= 11 is 0. The van der Waals surface area contributed by atoms with E-state index in [2.05, 4.69) is 142 Å². The van der Waals surface area contributed by atoms with Crippen LogP contribution in [-0.4, -0.2) is 15.2 Å². The van der Waals surface area contributed by atoms with Crippen LogP contribution in [0, 0.1) is 0 Å². The Bertz CT molecular complexity index is 1290. The summed E-state index contributed by atoms with van der Waals surface area (Å²) in [7, 11) is -3.25. The van der Waals surface area contributed by atoms with Crippen molar-refractivity contribution in [3.63, 3.8) is 0 Å². The molecule has 2 aromatic carbocycles. The Morgan fingerprint density at radius 1 is 0.821 bits per heavy atom. The summed E-state index contributed by atoms with van der Waals surface area (Å²) in [6.07, 6.45) is 14.1. The average molecular weight is 555 g/mol. The van der Waals surface area contributed by atoms with Gasteiger partial charge in [0.15, 0.2) is 0 Å². The molecular formula is C37H54Si2. The Balaban J connectivity index is 1.79. The van der Waals surface area contributed by atoms with Crippen LogP contribution in [0.2, 0.25) is 31.7 Å². The second-order valence-electron chi connectivity index (χ2n) is 15.6. The zero-order valence-corrected chi connectivity index (χ0v) is 29.0. The van der Waals surface area contributed by atoms with E-state index < -0.39 is 15.2 Å². The summed E-state index contributed by atoms with van der Waals surface area (Å²) in [6.45, 7) is 29.6. The number of unbranched alkanes of at least 4 members (excludes halogenated alkanes) is 1. The Kier molecular flexibility index (Phi) is 8.09. The van der Waals surface area contributed by atoms with Gasteiger partial charge in [0.25, 0.3) is 0 Å². The molecule has 0 amide bonds. The van der Waals surface area contributed by atoms with E-state index >= 15 is 0 Å². The minimum absolute atomic E-state index is 0.116. The smallest absolute Gasteiger partial charge is 0.0551 e. The van der Waals surface area contributed by atoms with Gasteiger partial charge in [-0.2, -0.15) is 0 Å². The maximum Gasteiger partial charge on any atom is 0.0551 e. The molecule has 2 aliphatic carbocycles. The monoisotopic (exact) mass is 554 g/mol. The minimum atomic E-state index is -1.67. The van der Waals surface area contributed by atoms with Crippen molar-refractivity contribution in [3.8, 4) is 11.1 Å². The third-order valence-corrected chi connectivity index (χ3v) is 29.6. The normalized spacial score (nSPS) is 19.8. The van der Waals surface area contributed by atoms with Gasteiger partial charge in [-0.3, -0.25) is 0 Å². The minimum Gasteiger partial charge on any atom is -0.0803 e. The van der Waals surface area contributed by atoms with Crippen LogP contribution >= 0.6 is 0 Å². The molecule has 2 atom stereocenters. The van der Waals surface area contributed by atoms with E-state index in [0.717, 1.165) is 0 Å². The zero-order valence-electron chi connectivity index (χ0n) is 27.0. The Morgan fingerprint density at radius 2 is 1.44 bits per heavy atom. The van der Waals surface area contributed by atoms with Gasteiger partial charge in [-0.15, -0.1) is 0 Å². The van der Waals surface area contributed by atoms with E-state index in [4.69, 9.17) is 0 Å². The molecule has 0 heterocycles. The fourth-order valence-corrected chi connectivity index (χ4v) is 18.3. The van der Waals surface area contributed by atoms with Crippen molar-refractivity contribution < 1.29 is 0 Å². The van der Waals surface area contributed by atoms with E-state index in [-0.39, 0.29) is 10.8 Å². The fourth-order valence-electron chi connectivity index (χ4n) is 6.78. The van der Waals surface area contributed by atoms with Gasteiger partial charge >= 0.3 is 0 Å². The van der Waals surface area contributed by atoms with Crippen LogP contribution in [0.25, 0.3) is 17.2 Å². The van der Waals surface area contributed by atoms with Gasteiger partial charge < -0.3 is 0 Å². The number of rotatable bonds is 7. The van der Waals surface area contributed by atoms with E-state index in [1.807, 2.05) is 0 Å². The molecular weight excluding hydrogens is 501 g/mol. The molecule has 0 aromatic heterocycles. The van der Waals surface area contributed by atoms with Crippen molar-refractivity contribution in [3.05, 3.63) is 88.0 Å². The van der Waals surface area contributed by atoms with Gasteiger partial charge in [0.2, 0.25) is 0 Å². The molecule has 0 aliphatic heterocycles. The summed E-state index contributed by atoms with van der Waals surface area (Å²) in [5, 5.41) is 0. The first-order chi connectivity index (χ1) is 18.0. The van der Waals surface area contributed by atoms with Crippen molar-refractivity contribution in [2.24, 2.45) is 0 Å². The van der Waals surface area contributed by atoms with Crippen molar-refractivity contribution in [2.75, 3.05) is 0 Å². The molecule has 0 nitrogen and oxygen atoms in total. The van der Waals surface area contributed by atoms with E-state index in [9.17, 15) is 0 Å². The Labute approximate surface area is 242 Å². The molecule has 0 spiro atoms. The largest absolute Gasteiger partial charge is 0.0803 e. The topological polar surface area (TPSA) is 0 Å². The molecule has 2 heteroatoms.